The van der Waals surface area contributed by atoms with Crippen molar-refractivity contribution in [3.8, 4) is 5.75 Å². The molecular formula is C24H37N5O4. The van der Waals surface area contributed by atoms with Crippen molar-refractivity contribution in [2.24, 2.45) is 5.92 Å². The minimum atomic E-state index is -0.236. The molecule has 1 aliphatic rings. The maximum Gasteiger partial charge on any atom is 0.222 e. The molecule has 0 spiro atoms. The van der Waals surface area contributed by atoms with E-state index in [2.05, 4.69) is 35.2 Å². The lowest BCUT2D eigenvalue weighted by molar-refractivity contribution is -0.136. The van der Waals surface area contributed by atoms with E-state index in [4.69, 9.17) is 9.47 Å². The molecule has 2 heterocycles. The first kappa shape index (κ1) is 25.1. The van der Waals surface area contributed by atoms with E-state index in [0.29, 0.717) is 39.1 Å². The lowest BCUT2D eigenvalue weighted by atomic mass is 10.0. The van der Waals surface area contributed by atoms with Crippen molar-refractivity contribution in [2.45, 2.75) is 58.5 Å². The summed E-state index contributed by atoms with van der Waals surface area (Å²) in [5, 5.41) is 17.9. The van der Waals surface area contributed by atoms with Crippen LogP contribution in [0.15, 0.2) is 30.5 Å². The summed E-state index contributed by atoms with van der Waals surface area (Å²) in [6, 6.07) is 7.81. The van der Waals surface area contributed by atoms with Crippen molar-refractivity contribution in [3.63, 3.8) is 0 Å². The highest BCUT2D eigenvalue weighted by atomic mass is 16.5. The molecule has 1 N–H and O–H groups in total. The van der Waals surface area contributed by atoms with Crippen molar-refractivity contribution >= 4 is 5.91 Å². The lowest BCUT2D eigenvalue weighted by Gasteiger charge is -2.35. The van der Waals surface area contributed by atoms with Gasteiger partial charge in [-0.25, -0.2) is 4.68 Å². The summed E-state index contributed by atoms with van der Waals surface area (Å²) in [6.07, 6.45) is 2.70. The molecule has 0 saturated carbocycles. The van der Waals surface area contributed by atoms with Crippen LogP contribution in [0.2, 0.25) is 0 Å². The Kier molecular flexibility index (Phi) is 9.22. The van der Waals surface area contributed by atoms with E-state index in [1.54, 1.807) is 18.2 Å². The summed E-state index contributed by atoms with van der Waals surface area (Å²) in [6.45, 7) is 6.93. The predicted octanol–water partition coefficient (Wildman–Crippen LogP) is 1.94. The first-order valence-electron chi connectivity index (χ1n) is 11.6. The van der Waals surface area contributed by atoms with Gasteiger partial charge in [-0.05, 0) is 38.1 Å². The number of methoxy groups -OCH3 is 1. The van der Waals surface area contributed by atoms with Crippen LogP contribution in [0.1, 0.15) is 37.9 Å². The second-order valence-electron chi connectivity index (χ2n) is 9.00. The molecule has 3 atom stereocenters. The number of ether oxygens (including phenoxy) is 2. The standard InChI is InChI=1S/C24H37N5O4/c1-18-13-28(19(2)16-30)24(31)9-6-10-29-21(12-25-26-29)17-33-23(18)15-27(3)14-20-7-5-8-22(11-20)32-4/h5,7-8,11-12,18-19,23,30H,6,9-10,13-17H2,1-4H3/t18-,19-,23+/m0/s1. The van der Waals surface area contributed by atoms with Crippen LogP contribution in [0.4, 0.5) is 0 Å². The monoisotopic (exact) mass is 459 g/mol. The fraction of sp³-hybridized carbons (Fsp3) is 0.625. The first-order valence-corrected chi connectivity index (χ1v) is 11.6. The Morgan fingerprint density at radius 2 is 2.21 bits per heavy atom. The van der Waals surface area contributed by atoms with Gasteiger partial charge in [0.05, 0.1) is 44.4 Å². The summed E-state index contributed by atoms with van der Waals surface area (Å²) in [7, 11) is 3.74. The summed E-state index contributed by atoms with van der Waals surface area (Å²) in [5.41, 5.74) is 2.07. The number of likely N-dealkylation sites (N-methyl/N-ethyl adjacent to an activating group) is 1. The molecule has 0 unspecified atom stereocenters. The van der Waals surface area contributed by atoms with Crippen molar-refractivity contribution in [2.75, 3.05) is 33.9 Å². The van der Waals surface area contributed by atoms with Crippen LogP contribution in [0.5, 0.6) is 5.75 Å². The second kappa shape index (κ2) is 12.1. The van der Waals surface area contributed by atoms with Crippen LogP contribution >= 0.6 is 0 Å². The third-order valence-corrected chi connectivity index (χ3v) is 6.22. The number of aryl methyl sites for hydroxylation is 1. The molecule has 1 aliphatic heterocycles. The van der Waals surface area contributed by atoms with Gasteiger partial charge in [-0.1, -0.05) is 24.3 Å². The highest BCUT2D eigenvalue weighted by Gasteiger charge is 2.28. The average Bonchev–Trinajstić information content (AvgIpc) is 3.25. The summed E-state index contributed by atoms with van der Waals surface area (Å²) < 4.78 is 13.6. The Hall–Kier alpha value is -2.49. The zero-order valence-corrected chi connectivity index (χ0v) is 20.2. The smallest absolute Gasteiger partial charge is 0.222 e. The molecule has 1 aromatic heterocycles. The number of nitrogens with zero attached hydrogens (tertiary/aromatic N) is 5. The Balaban J connectivity index is 1.77. The zero-order valence-electron chi connectivity index (χ0n) is 20.2. The number of fused-ring (bicyclic) bond motifs is 1. The van der Waals surface area contributed by atoms with Crippen LogP contribution in [-0.2, 0) is 29.2 Å². The predicted molar refractivity (Wildman–Crippen MR) is 125 cm³/mol. The van der Waals surface area contributed by atoms with E-state index >= 15 is 0 Å². The van der Waals surface area contributed by atoms with E-state index in [-0.39, 0.29) is 30.6 Å². The number of aliphatic hydroxyl groups is 1. The Morgan fingerprint density at radius 1 is 1.39 bits per heavy atom. The zero-order chi connectivity index (χ0) is 23.8. The number of benzene rings is 1. The minimum absolute atomic E-state index is 0.0501. The van der Waals surface area contributed by atoms with Gasteiger partial charge in [0.1, 0.15) is 5.75 Å². The number of amides is 1. The van der Waals surface area contributed by atoms with Gasteiger partial charge in [0.15, 0.2) is 0 Å². The quantitative estimate of drug-likeness (QED) is 0.676. The van der Waals surface area contributed by atoms with E-state index in [1.165, 1.54) is 0 Å². The maximum absolute atomic E-state index is 13.0. The summed E-state index contributed by atoms with van der Waals surface area (Å²) in [5.74, 6) is 0.957. The lowest BCUT2D eigenvalue weighted by Crippen LogP contribution is -2.47. The molecule has 3 rings (SSSR count). The average molecular weight is 460 g/mol. The summed E-state index contributed by atoms with van der Waals surface area (Å²) in [4.78, 5) is 17.0. The van der Waals surface area contributed by atoms with Crippen molar-refractivity contribution < 1.29 is 19.4 Å². The van der Waals surface area contributed by atoms with Crippen molar-refractivity contribution in [3.05, 3.63) is 41.7 Å². The molecular weight excluding hydrogens is 422 g/mol. The fourth-order valence-corrected chi connectivity index (χ4v) is 4.20. The molecule has 2 aromatic rings. The van der Waals surface area contributed by atoms with Gasteiger partial charge in [-0.15, -0.1) is 5.10 Å². The van der Waals surface area contributed by atoms with Crippen molar-refractivity contribution in [1.29, 1.82) is 0 Å². The molecule has 1 aromatic carbocycles. The van der Waals surface area contributed by atoms with Crippen LogP contribution in [0.3, 0.4) is 0 Å². The van der Waals surface area contributed by atoms with Gasteiger partial charge < -0.3 is 19.5 Å². The molecule has 1 amide bonds. The minimum Gasteiger partial charge on any atom is -0.497 e. The highest BCUT2D eigenvalue weighted by molar-refractivity contribution is 5.76. The number of aromatic nitrogens is 3. The SMILES string of the molecule is COc1cccc(CN(C)C[C@H]2OCc3cnnn3CCCC(=O)N([C@@H](C)CO)C[C@@H]2C)c1. The van der Waals surface area contributed by atoms with Crippen LogP contribution in [0, 0.1) is 5.92 Å². The van der Waals surface area contributed by atoms with Gasteiger partial charge in [0, 0.05) is 38.5 Å². The Morgan fingerprint density at radius 3 is 2.97 bits per heavy atom. The Bertz CT molecular complexity index is 889. The van der Waals surface area contributed by atoms with Gasteiger partial charge in [0.25, 0.3) is 0 Å². The molecule has 182 valence electrons. The molecule has 0 bridgehead atoms. The number of aliphatic hydroxyl groups excluding tert-OH is 1. The third kappa shape index (κ3) is 6.99. The molecule has 0 fully saturated rings. The number of hydrogen-bond acceptors (Lipinski definition) is 7. The molecule has 0 aliphatic carbocycles. The van der Waals surface area contributed by atoms with E-state index < -0.39 is 0 Å². The van der Waals surface area contributed by atoms with Crippen LogP contribution in [-0.4, -0.2) is 81.8 Å². The number of rotatable bonds is 7. The molecule has 33 heavy (non-hydrogen) atoms. The second-order valence-corrected chi connectivity index (χ2v) is 9.00. The third-order valence-electron chi connectivity index (χ3n) is 6.22. The number of hydrogen-bond donors (Lipinski definition) is 1. The molecule has 0 saturated heterocycles. The highest BCUT2D eigenvalue weighted by Crippen LogP contribution is 2.19. The maximum atomic E-state index is 13.0. The molecule has 9 heteroatoms. The van der Waals surface area contributed by atoms with E-state index in [1.807, 2.05) is 29.8 Å². The first-order chi connectivity index (χ1) is 15.9. The largest absolute Gasteiger partial charge is 0.497 e. The molecule has 9 nitrogen and oxygen atoms in total. The van der Waals surface area contributed by atoms with E-state index in [0.717, 1.165) is 23.6 Å². The Labute approximate surface area is 196 Å². The van der Waals surface area contributed by atoms with Gasteiger partial charge >= 0.3 is 0 Å². The van der Waals surface area contributed by atoms with Gasteiger partial charge in [0.2, 0.25) is 5.91 Å². The van der Waals surface area contributed by atoms with Crippen molar-refractivity contribution in [1.82, 2.24) is 24.8 Å². The van der Waals surface area contributed by atoms with Crippen LogP contribution in [0.25, 0.3) is 0 Å². The van der Waals surface area contributed by atoms with E-state index in [9.17, 15) is 9.90 Å². The number of carbonyl (C=O) groups is 1. The summed E-state index contributed by atoms with van der Waals surface area (Å²) >= 11 is 0. The topological polar surface area (TPSA) is 93.0 Å². The fourth-order valence-electron chi connectivity index (χ4n) is 4.20. The van der Waals surface area contributed by atoms with Gasteiger partial charge in [-0.2, -0.15) is 0 Å². The normalized spacial score (nSPS) is 21.3. The number of carbonyl (C=O) groups excluding carboxylic acids is 1. The van der Waals surface area contributed by atoms with Gasteiger partial charge in [-0.3, -0.25) is 9.69 Å². The van der Waals surface area contributed by atoms with Crippen LogP contribution < -0.4 is 4.74 Å². The molecule has 0 radical (unpaired) electrons.